The van der Waals surface area contributed by atoms with Gasteiger partial charge in [-0.05, 0) is 38.5 Å². The van der Waals surface area contributed by atoms with Crippen molar-refractivity contribution in [3.63, 3.8) is 0 Å². The lowest BCUT2D eigenvalue weighted by Gasteiger charge is -2.02. The van der Waals surface area contributed by atoms with E-state index in [1.807, 2.05) is 0 Å². The summed E-state index contributed by atoms with van der Waals surface area (Å²) in [6.45, 7) is 8.28. The molecule has 0 spiro atoms. The molecule has 0 aliphatic rings. The zero-order chi connectivity index (χ0) is 10.6. The summed E-state index contributed by atoms with van der Waals surface area (Å²) >= 11 is 0. The molecule has 0 aliphatic carbocycles. The minimum atomic E-state index is 0.623. The first-order chi connectivity index (χ1) is 6.85. The lowest BCUT2D eigenvalue weighted by Crippen LogP contribution is -1.87. The first-order valence-corrected chi connectivity index (χ1v) is 5.97. The Morgan fingerprint density at radius 3 is 2.36 bits per heavy atom. The van der Waals surface area contributed by atoms with Crippen molar-refractivity contribution in [3.05, 3.63) is 31.2 Å². The molecular weight excluding hydrogens is 168 g/mol. The van der Waals surface area contributed by atoms with Crippen molar-refractivity contribution in [2.75, 3.05) is 0 Å². The summed E-state index contributed by atoms with van der Waals surface area (Å²) in [6.07, 6.45) is 16.4. The van der Waals surface area contributed by atoms with E-state index in [1.165, 1.54) is 32.1 Å². The second kappa shape index (κ2) is 10.6. The molecule has 0 heteroatoms. The van der Waals surface area contributed by atoms with Crippen molar-refractivity contribution in [2.24, 2.45) is 5.92 Å². The molecular formula is C14H25. The van der Waals surface area contributed by atoms with E-state index in [9.17, 15) is 0 Å². The number of allylic oxidation sites excluding steroid dienone is 4. The van der Waals surface area contributed by atoms with Crippen LogP contribution in [0.15, 0.2) is 24.3 Å². The van der Waals surface area contributed by atoms with E-state index in [0.717, 1.165) is 6.42 Å². The normalized spacial score (nSPS) is 14.2. The van der Waals surface area contributed by atoms with E-state index < -0.39 is 0 Å². The van der Waals surface area contributed by atoms with Gasteiger partial charge in [-0.2, -0.15) is 0 Å². The Morgan fingerprint density at radius 1 is 1.07 bits per heavy atom. The molecule has 0 aromatic rings. The predicted octanol–water partition coefficient (Wildman–Crippen LogP) is 4.93. The Balaban J connectivity index is 3.63. The second-order valence-electron chi connectivity index (χ2n) is 3.71. The van der Waals surface area contributed by atoms with Crippen LogP contribution < -0.4 is 0 Å². The molecule has 0 saturated carbocycles. The van der Waals surface area contributed by atoms with E-state index in [1.54, 1.807) is 0 Å². The monoisotopic (exact) mass is 193 g/mol. The Morgan fingerprint density at radius 2 is 1.79 bits per heavy atom. The van der Waals surface area contributed by atoms with E-state index >= 15 is 0 Å². The summed E-state index contributed by atoms with van der Waals surface area (Å²) in [6, 6.07) is 0. The van der Waals surface area contributed by atoms with Crippen molar-refractivity contribution in [3.8, 4) is 0 Å². The molecule has 1 atom stereocenters. The van der Waals surface area contributed by atoms with Crippen LogP contribution in [0.2, 0.25) is 0 Å². The van der Waals surface area contributed by atoms with Gasteiger partial charge in [0.15, 0.2) is 0 Å². The maximum Gasteiger partial charge on any atom is -0.00561 e. The smallest absolute Gasteiger partial charge is 0.00561 e. The summed E-state index contributed by atoms with van der Waals surface area (Å²) in [5.41, 5.74) is 0. The van der Waals surface area contributed by atoms with Gasteiger partial charge in [0.05, 0.1) is 0 Å². The van der Waals surface area contributed by atoms with Gasteiger partial charge in [-0.25, -0.2) is 0 Å². The first-order valence-electron chi connectivity index (χ1n) is 5.97. The van der Waals surface area contributed by atoms with Gasteiger partial charge in [0.1, 0.15) is 0 Å². The average Bonchev–Trinajstić information content (AvgIpc) is 2.22. The number of rotatable bonds is 8. The molecule has 0 aliphatic heterocycles. The lowest BCUT2D eigenvalue weighted by molar-refractivity contribution is 0.719. The van der Waals surface area contributed by atoms with Crippen molar-refractivity contribution in [1.82, 2.24) is 0 Å². The van der Waals surface area contributed by atoms with Crippen molar-refractivity contribution in [2.45, 2.75) is 52.4 Å². The summed E-state index contributed by atoms with van der Waals surface area (Å²) < 4.78 is 0. The highest BCUT2D eigenvalue weighted by Crippen LogP contribution is 2.09. The van der Waals surface area contributed by atoms with Crippen molar-refractivity contribution < 1.29 is 0 Å². The highest BCUT2D eigenvalue weighted by molar-refractivity contribution is 5.00. The summed E-state index contributed by atoms with van der Waals surface area (Å²) in [5, 5.41) is 0. The van der Waals surface area contributed by atoms with E-state index in [0.29, 0.717) is 5.92 Å². The third-order valence-corrected chi connectivity index (χ3v) is 2.38. The number of hydrogen-bond donors (Lipinski definition) is 0. The van der Waals surface area contributed by atoms with Gasteiger partial charge in [0, 0.05) is 0 Å². The Hall–Kier alpha value is -0.520. The van der Waals surface area contributed by atoms with Crippen LogP contribution in [-0.2, 0) is 0 Å². The Labute approximate surface area is 90.1 Å². The fraction of sp³-hybridized carbons (Fsp3) is 0.643. The fourth-order valence-electron chi connectivity index (χ4n) is 1.39. The summed E-state index contributed by atoms with van der Waals surface area (Å²) in [7, 11) is 0. The van der Waals surface area contributed by atoms with Crippen LogP contribution in [0.1, 0.15) is 52.4 Å². The second-order valence-corrected chi connectivity index (χ2v) is 3.71. The lowest BCUT2D eigenvalue weighted by atomic mass is 10.0. The van der Waals surface area contributed by atoms with Crippen molar-refractivity contribution >= 4 is 0 Å². The molecule has 0 heterocycles. The SMILES string of the molecule is [CH2]CC=CC(C=CCCCCC)CC. The minimum absolute atomic E-state index is 0.623. The summed E-state index contributed by atoms with van der Waals surface area (Å²) in [4.78, 5) is 0. The van der Waals surface area contributed by atoms with Crippen LogP contribution in [0.25, 0.3) is 0 Å². The molecule has 0 saturated heterocycles. The average molecular weight is 193 g/mol. The molecule has 0 rings (SSSR count). The standard InChI is InChI=1S/C14H25/c1-4-7-9-10-11-13-14(6-3)12-8-5-2/h8,11-14H,2,4-7,9-10H2,1,3H3. The predicted molar refractivity (Wildman–Crippen MR) is 66.2 cm³/mol. The fourth-order valence-corrected chi connectivity index (χ4v) is 1.39. The topological polar surface area (TPSA) is 0 Å². The third kappa shape index (κ3) is 8.10. The molecule has 1 radical (unpaired) electrons. The van der Waals surface area contributed by atoms with E-state index in [4.69, 9.17) is 0 Å². The molecule has 81 valence electrons. The van der Waals surface area contributed by atoms with E-state index in [-0.39, 0.29) is 0 Å². The van der Waals surface area contributed by atoms with Crippen LogP contribution in [0, 0.1) is 12.8 Å². The molecule has 1 unspecified atom stereocenters. The first kappa shape index (κ1) is 13.5. The molecule has 0 aromatic heterocycles. The van der Waals surface area contributed by atoms with Gasteiger partial charge in [0.2, 0.25) is 0 Å². The van der Waals surface area contributed by atoms with Crippen LogP contribution in [0.4, 0.5) is 0 Å². The number of unbranched alkanes of at least 4 members (excludes halogenated alkanes) is 3. The maximum atomic E-state index is 3.80. The largest absolute Gasteiger partial charge is 0.0879 e. The van der Waals surface area contributed by atoms with E-state index in [2.05, 4.69) is 45.1 Å². The Kier molecular flexibility index (Phi) is 10.2. The van der Waals surface area contributed by atoms with Crippen LogP contribution >= 0.6 is 0 Å². The molecule has 0 bridgehead atoms. The molecule has 0 aromatic carbocycles. The highest BCUT2D eigenvalue weighted by atomic mass is 14.0. The van der Waals surface area contributed by atoms with Gasteiger partial charge in [0.25, 0.3) is 0 Å². The highest BCUT2D eigenvalue weighted by Gasteiger charge is 1.93. The van der Waals surface area contributed by atoms with Gasteiger partial charge >= 0.3 is 0 Å². The van der Waals surface area contributed by atoms with Gasteiger partial charge < -0.3 is 0 Å². The van der Waals surface area contributed by atoms with Gasteiger partial charge in [-0.1, -0.05) is 51.0 Å². The van der Waals surface area contributed by atoms with Crippen molar-refractivity contribution in [1.29, 1.82) is 0 Å². The quantitative estimate of drug-likeness (QED) is 0.379. The molecule has 0 amide bonds. The van der Waals surface area contributed by atoms with Crippen LogP contribution in [-0.4, -0.2) is 0 Å². The number of hydrogen-bond acceptors (Lipinski definition) is 0. The maximum absolute atomic E-state index is 3.80. The third-order valence-electron chi connectivity index (χ3n) is 2.38. The molecule has 0 fully saturated rings. The van der Waals surface area contributed by atoms with Gasteiger partial charge in [-0.3, -0.25) is 0 Å². The zero-order valence-corrected chi connectivity index (χ0v) is 9.84. The molecule has 0 N–H and O–H groups in total. The minimum Gasteiger partial charge on any atom is -0.0879 e. The van der Waals surface area contributed by atoms with Crippen LogP contribution in [0.5, 0.6) is 0 Å². The zero-order valence-electron chi connectivity index (χ0n) is 9.84. The molecule has 14 heavy (non-hydrogen) atoms. The Bertz CT molecular complexity index is 153. The van der Waals surface area contributed by atoms with Gasteiger partial charge in [-0.15, -0.1) is 0 Å². The van der Waals surface area contributed by atoms with Crippen LogP contribution in [0.3, 0.4) is 0 Å². The molecule has 0 nitrogen and oxygen atoms in total. The summed E-state index contributed by atoms with van der Waals surface area (Å²) in [5.74, 6) is 0.623.